The molecule has 15 heavy (non-hydrogen) atoms. The Labute approximate surface area is 88.4 Å². The molecule has 0 radical (unpaired) electrons. The molecule has 0 spiro atoms. The van der Waals surface area contributed by atoms with Crippen molar-refractivity contribution in [2.24, 2.45) is 10.8 Å². The fourth-order valence-electron chi connectivity index (χ4n) is 1.04. The normalized spacial score (nSPS) is 11.3. The first-order valence-corrected chi connectivity index (χ1v) is 4.80. The largest absolute Gasteiger partial charge is 0.323 e. The average molecular weight is 210 g/mol. The maximum Gasteiger partial charge on any atom is 0.210 e. The van der Waals surface area contributed by atoms with Gasteiger partial charge in [0.2, 0.25) is 5.96 Å². The number of hydrazine groups is 1. The highest BCUT2D eigenvalue weighted by atomic mass is 19.1. The van der Waals surface area contributed by atoms with Crippen molar-refractivity contribution in [1.29, 1.82) is 0 Å². The molecule has 1 rings (SSSR count). The molecule has 0 fully saturated rings. The van der Waals surface area contributed by atoms with E-state index in [1.54, 1.807) is 18.2 Å². The lowest BCUT2D eigenvalue weighted by molar-refractivity contribution is 0.632. The number of nitrogens with two attached hydrogens (primary N) is 1. The molecule has 0 aromatic heterocycles. The van der Waals surface area contributed by atoms with Crippen LogP contribution in [0.3, 0.4) is 0 Å². The molecule has 0 unspecified atom stereocenters. The van der Waals surface area contributed by atoms with Gasteiger partial charge in [0.05, 0.1) is 5.69 Å². The number of para-hydroxylation sites is 1. The Morgan fingerprint density at radius 2 is 2.20 bits per heavy atom. The third-order valence-electron chi connectivity index (χ3n) is 1.76. The summed E-state index contributed by atoms with van der Waals surface area (Å²) in [6.07, 6.45) is 0.907. The molecule has 0 bridgehead atoms. The van der Waals surface area contributed by atoms with Gasteiger partial charge in [0.15, 0.2) is 0 Å². The number of aliphatic imine (C=N–C) groups is 1. The molecule has 1 aromatic rings. The lowest BCUT2D eigenvalue weighted by atomic mass is 10.3. The number of rotatable bonds is 3. The van der Waals surface area contributed by atoms with Gasteiger partial charge in [0.1, 0.15) is 5.82 Å². The highest BCUT2D eigenvalue weighted by Crippen LogP contribution is 2.11. The van der Waals surface area contributed by atoms with Crippen molar-refractivity contribution in [2.45, 2.75) is 13.3 Å². The van der Waals surface area contributed by atoms with E-state index in [0.717, 1.165) is 6.42 Å². The Bertz CT molecular complexity index is 338. The van der Waals surface area contributed by atoms with E-state index >= 15 is 0 Å². The second kappa shape index (κ2) is 5.98. The van der Waals surface area contributed by atoms with Crippen LogP contribution in [0.1, 0.15) is 13.3 Å². The summed E-state index contributed by atoms with van der Waals surface area (Å²) in [5.74, 6) is 5.27. The fraction of sp³-hybridized carbons (Fsp3) is 0.300. The van der Waals surface area contributed by atoms with Gasteiger partial charge >= 0.3 is 0 Å². The standard InChI is InChI=1S/C10H15FN4/c1-2-7-13-10(15-12)14-9-6-4-3-5-8(9)11/h3-6H,2,7,12H2,1H3,(H2,13,14,15). The van der Waals surface area contributed by atoms with Crippen molar-refractivity contribution < 1.29 is 4.39 Å². The number of benzene rings is 1. The molecular formula is C10H15FN4. The van der Waals surface area contributed by atoms with E-state index in [1.165, 1.54) is 6.07 Å². The van der Waals surface area contributed by atoms with Gasteiger partial charge in [-0.15, -0.1) is 0 Å². The molecule has 82 valence electrons. The molecule has 4 nitrogen and oxygen atoms in total. The Morgan fingerprint density at radius 1 is 1.47 bits per heavy atom. The van der Waals surface area contributed by atoms with Gasteiger partial charge in [-0.25, -0.2) is 10.2 Å². The SMILES string of the molecule is CCCN=C(NN)Nc1ccccc1F. The van der Waals surface area contributed by atoms with Crippen molar-refractivity contribution in [3.8, 4) is 0 Å². The fourth-order valence-corrected chi connectivity index (χ4v) is 1.04. The number of nitrogens with zero attached hydrogens (tertiary/aromatic N) is 1. The number of nitrogens with one attached hydrogen (secondary N) is 2. The van der Waals surface area contributed by atoms with Gasteiger partial charge < -0.3 is 5.32 Å². The topological polar surface area (TPSA) is 62.4 Å². The summed E-state index contributed by atoms with van der Waals surface area (Å²) >= 11 is 0. The maximum absolute atomic E-state index is 13.2. The molecule has 0 aliphatic carbocycles. The van der Waals surface area contributed by atoms with Crippen LogP contribution in [0, 0.1) is 5.82 Å². The van der Waals surface area contributed by atoms with Gasteiger partial charge in [0, 0.05) is 6.54 Å². The Balaban J connectivity index is 2.71. The molecular weight excluding hydrogens is 195 g/mol. The zero-order valence-electron chi connectivity index (χ0n) is 8.63. The molecule has 5 heteroatoms. The van der Waals surface area contributed by atoms with Crippen LogP contribution in [0.5, 0.6) is 0 Å². The number of hydrogen-bond donors (Lipinski definition) is 3. The van der Waals surface area contributed by atoms with Crippen molar-refractivity contribution in [2.75, 3.05) is 11.9 Å². The molecule has 0 heterocycles. The van der Waals surface area contributed by atoms with Gasteiger partial charge in [-0.3, -0.25) is 10.4 Å². The summed E-state index contributed by atoms with van der Waals surface area (Å²) in [4.78, 5) is 4.10. The van der Waals surface area contributed by atoms with E-state index in [9.17, 15) is 4.39 Å². The van der Waals surface area contributed by atoms with E-state index in [1.807, 2.05) is 6.92 Å². The van der Waals surface area contributed by atoms with Gasteiger partial charge in [-0.1, -0.05) is 19.1 Å². The third kappa shape index (κ3) is 3.55. The first-order chi connectivity index (χ1) is 7.27. The van der Waals surface area contributed by atoms with Gasteiger partial charge in [-0.05, 0) is 18.6 Å². The van der Waals surface area contributed by atoms with Crippen molar-refractivity contribution >= 4 is 11.6 Å². The monoisotopic (exact) mass is 210 g/mol. The Kier molecular flexibility index (Phi) is 4.56. The number of guanidine groups is 1. The lowest BCUT2D eigenvalue weighted by Gasteiger charge is -2.09. The second-order valence-corrected chi connectivity index (χ2v) is 2.98. The third-order valence-corrected chi connectivity index (χ3v) is 1.76. The van der Waals surface area contributed by atoms with Crippen LogP contribution in [0.25, 0.3) is 0 Å². The van der Waals surface area contributed by atoms with Crippen LogP contribution in [0.4, 0.5) is 10.1 Å². The summed E-state index contributed by atoms with van der Waals surface area (Å²) in [7, 11) is 0. The van der Waals surface area contributed by atoms with Crippen LogP contribution in [-0.2, 0) is 0 Å². The Hall–Kier alpha value is -1.62. The molecule has 0 saturated heterocycles. The van der Waals surface area contributed by atoms with Gasteiger partial charge in [-0.2, -0.15) is 0 Å². The lowest BCUT2D eigenvalue weighted by Crippen LogP contribution is -2.36. The molecule has 0 aliphatic rings. The molecule has 0 aliphatic heterocycles. The minimum atomic E-state index is -0.336. The second-order valence-electron chi connectivity index (χ2n) is 2.98. The summed E-state index contributed by atoms with van der Waals surface area (Å²) < 4.78 is 13.2. The predicted octanol–water partition coefficient (Wildman–Crippen LogP) is 1.47. The average Bonchev–Trinajstić information content (AvgIpc) is 2.26. The quantitative estimate of drug-likeness (QED) is 0.306. The van der Waals surface area contributed by atoms with E-state index in [4.69, 9.17) is 5.84 Å². The maximum atomic E-state index is 13.2. The summed E-state index contributed by atoms with van der Waals surface area (Å²) in [6, 6.07) is 6.35. The minimum Gasteiger partial charge on any atom is -0.323 e. The van der Waals surface area contributed by atoms with Crippen molar-refractivity contribution in [1.82, 2.24) is 5.43 Å². The molecule has 0 amide bonds. The highest BCUT2D eigenvalue weighted by molar-refractivity contribution is 5.93. The number of halogens is 1. The van der Waals surface area contributed by atoms with Crippen LogP contribution in [-0.4, -0.2) is 12.5 Å². The Morgan fingerprint density at radius 3 is 2.80 bits per heavy atom. The smallest absolute Gasteiger partial charge is 0.210 e. The molecule has 0 saturated carbocycles. The van der Waals surface area contributed by atoms with Crippen molar-refractivity contribution in [3.63, 3.8) is 0 Å². The summed E-state index contributed by atoms with van der Waals surface area (Å²) in [6.45, 7) is 2.64. The van der Waals surface area contributed by atoms with E-state index in [2.05, 4.69) is 15.7 Å². The van der Waals surface area contributed by atoms with Crippen LogP contribution >= 0.6 is 0 Å². The van der Waals surface area contributed by atoms with E-state index in [0.29, 0.717) is 18.2 Å². The molecule has 0 atom stereocenters. The first-order valence-electron chi connectivity index (χ1n) is 4.80. The number of hydrogen-bond acceptors (Lipinski definition) is 2. The van der Waals surface area contributed by atoms with Crippen LogP contribution in [0.15, 0.2) is 29.3 Å². The van der Waals surface area contributed by atoms with E-state index in [-0.39, 0.29) is 5.82 Å². The first kappa shape index (κ1) is 11.5. The predicted molar refractivity (Wildman–Crippen MR) is 59.9 cm³/mol. The highest BCUT2D eigenvalue weighted by Gasteiger charge is 2.02. The molecule has 4 N–H and O–H groups in total. The minimum absolute atomic E-state index is 0.336. The van der Waals surface area contributed by atoms with Crippen LogP contribution < -0.4 is 16.6 Å². The zero-order chi connectivity index (χ0) is 11.1. The van der Waals surface area contributed by atoms with Gasteiger partial charge in [0.25, 0.3) is 0 Å². The van der Waals surface area contributed by atoms with E-state index < -0.39 is 0 Å². The van der Waals surface area contributed by atoms with Crippen molar-refractivity contribution in [3.05, 3.63) is 30.1 Å². The summed E-state index contributed by atoms with van der Waals surface area (Å²) in [5, 5.41) is 2.77. The summed E-state index contributed by atoms with van der Waals surface area (Å²) in [5.41, 5.74) is 2.74. The molecule has 1 aromatic carbocycles. The number of anilines is 1. The zero-order valence-corrected chi connectivity index (χ0v) is 8.63. The van der Waals surface area contributed by atoms with Crippen LogP contribution in [0.2, 0.25) is 0 Å².